The van der Waals surface area contributed by atoms with Crippen LogP contribution in [0.5, 0.6) is 0 Å². The van der Waals surface area contributed by atoms with Gasteiger partial charge in [-0.05, 0) is 25.0 Å². The molecule has 4 aromatic rings. The molecule has 10 heteroatoms. The van der Waals surface area contributed by atoms with Crippen molar-refractivity contribution in [2.24, 2.45) is 0 Å². The molecule has 0 spiro atoms. The number of amides is 1. The monoisotopic (exact) mass is 538 g/mol. The highest BCUT2D eigenvalue weighted by atomic mass is 32.2. The lowest BCUT2D eigenvalue weighted by Crippen LogP contribution is -2.16. The van der Waals surface area contributed by atoms with Crippen LogP contribution in [0.25, 0.3) is 22.5 Å². The minimum absolute atomic E-state index is 0.109. The first kappa shape index (κ1) is 25.9. The van der Waals surface area contributed by atoms with E-state index in [0.717, 1.165) is 34.5 Å². The molecular weight excluding hydrogens is 513 g/mol. The topological polar surface area (TPSA) is 86.1 Å². The normalized spacial score (nSPS) is 10.9. The van der Waals surface area contributed by atoms with E-state index in [9.17, 15) is 9.59 Å². The van der Waals surface area contributed by atoms with E-state index in [1.165, 1.54) is 35.1 Å². The number of methoxy groups -OCH3 is 1. The van der Waals surface area contributed by atoms with Crippen molar-refractivity contribution in [3.63, 3.8) is 0 Å². The second kappa shape index (κ2) is 11.7. The van der Waals surface area contributed by atoms with Crippen LogP contribution in [0.4, 0.5) is 5.00 Å². The van der Waals surface area contributed by atoms with Gasteiger partial charge in [0.15, 0.2) is 11.0 Å². The van der Waals surface area contributed by atoms with Crippen molar-refractivity contribution in [3.8, 4) is 22.5 Å². The highest BCUT2D eigenvalue weighted by Gasteiger charge is 2.23. The maximum Gasteiger partial charge on any atom is 0.341 e. The predicted molar refractivity (Wildman–Crippen MR) is 148 cm³/mol. The van der Waals surface area contributed by atoms with Gasteiger partial charge in [-0.3, -0.25) is 9.36 Å². The van der Waals surface area contributed by atoms with Crippen LogP contribution in [0, 0.1) is 6.92 Å². The third-order valence-corrected chi connectivity index (χ3v) is 8.36. The number of thioether (sulfide) groups is 1. The maximum absolute atomic E-state index is 12.9. The highest BCUT2D eigenvalue weighted by Crippen LogP contribution is 2.36. The number of carbonyl (C=O) groups excluding carboxylic acids is 2. The Balaban J connectivity index is 1.51. The zero-order chi connectivity index (χ0) is 25.7. The summed E-state index contributed by atoms with van der Waals surface area (Å²) in [6.45, 7) is 8.50. The Hall–Kier alpha value is -3.21. The van der Waals surface area contributed by atoms with E-state index in [0.29, 0.717) is 22.3 Å². The number of esters is 1. The van der Waals surface area contributed by atoms with Gasteiger partial charge in [0, 0.05) is 33.3 Å². The van der Waals surface area contributed by atoms with Crippen LogP contribution in [0.2, 0.25) is 0 Å². The Morgan fingerprint density at radius 3 is 2.61 bits per heavy atom. The summed E-state index contributed by atoms with van der Waals surface area (Å²) in [5.41, 5.74) is 4.10. The molecule has 0 aliphatic rings. The number of ether oxygens (including phenoxy) is 1. The number of thiophene rings is 2. The van der Waals surface area contributed by atoms with Gasteiger partial charge in [-0.15, -0.1) is 39.4 Å². The zero-order valence-electron chi connectivity index (χ0n) is 20.2. The average molecular weight is 539 g/mol. The second-order valence-electron chi connectivity index (χ2n) is 7.91. The molecule has 0 radical (unpaired) electrons. The first-order valence-electron chi connectivity index (χ1n) is 11.3. The number of allylic oxidation sites excluding steroid dienone is 1. The van der Waals surface area contributed by atoms with E-state index >= 15 is 0 Å². The number of nitrogens with zero attached hydrogens (tertiary/aromatic N) is 3. The van der Waals surface area contributed by atoms with Gasteiger partial charge in [-0.25, -0.2) is 4.79 Å². The van der Waals surface area contributed by atoms with Crippen molar-refractivity contribution < 1.29 is 14.3 Å². The zero-order valence-corrected chi connectivity index (χ0v) is 22.7. The number of carbonyl (C=O) groups is 2. The number of rotatable bonds is 10. The molecule has 1 N–H and O–H groups in total. The number of benzene rings is 1. The van der Waals surface area contributed by atoms with Crippen molar-refractivity contribution in [1.82, 2.24) is 14.8 Å². The molecule has 0 bridgehead atoms. The van der Waals surface area contributed by atoms with Crippen molar-refractivity contribution in [3.05, 3.63) is 69.8 Å². The number of hydrogen-bond acceptors (Lipinski definition) is 8. The fourth-order valence-electron chi connectivity index (χ4n) is 3.58. The van der Waals surface area contributed by atoms with Gasteiger partial charge < -0.3 is 10.1 Å². The second-order valence-corrected chi connectivity index (χ2v) is 10.7. The molecule has 0 unspecified atom stereocenters. The molecule has 0 saturated carbocycles. The average Bonchev–Trinajstić information content (AvgIpc) is 3.61. The van der Waals surface area contributed by atoms with Gasteiger partial charge in [0.25, 0.3) is 0 Å². The number of aromatic nitrogens is 3. The van der Waals surface area contributed by atoms with Crippen molar-refractivity contribution in [2.75, 3.05) is 18.2 Å². The lowest BCUT2D eigenvalue weighted by molar-refractivity contribution is -0.113. The molecule has 1 amide bonds. The summed E-state index contributed by atoms with van der Waals surface area (Å²) in [7, 11) is 1.33. The van der Waals surface area contributed by atoms with Gasteiger partial charge in [0.2, 0.25) is 5.91 Å². The molecule has 0 saturated heterocycles. The molecule has 36 heavy (non-hydrogen) atoms. The summed E-state index contributed by atoms with van der Waals surface area (Å²) in [5, 5.41) is 16.6. The maximum atomic E-state index is 12.9. The van der Waals surface area contributed by atoms with Crippen molar-refractivity contribution in [2.45, 2.75) is 32.0 Å². The van der Waals surface area contributed by atoms with E-state index in [4.69, 9.17) is 4.74 Å². The molecule has 4 rings (SSSR count). The van der Waals surface area contributed by atoms with Crippen molar-refractivity contribution in [1.29, 1.82) is 0 Å². The van der Waals surface area contributed by atoms with Crippen LogP contribution in [-0.2, 0) is 22.5 Å². The van der Waals surface area contributed by atoms with Gasteiger partial charge >= 0.3 is 5.97 Å². The Morgan fingerprint density at radius 2 is 1.94 bits per heavy atom. The molecular formula is C26H26N4O3S3. The molecule has 7 nitrogen and oxygen atoms in total. The molecule has 0 aliphatic heterocycles. The molecule has 0 aliphatic carbocycles. The quantitative estimate of drug-likeness (QED) is 0.145. The van der Waals surface area contributed by atoms with E-state index in [2.05, 4.69) is 40.5 Å². The van der Waals surface area contributed by atoms with E-state index in [-0.39, 0.29) is 11.7 Å². The molecule has 1 aromatic carbocycles. The molecule has 3 aromatic heterocycles. The lowest BCUT2D eigenvalue weighted by atomic mass is 10.0. The van der Waals surface area contributed by atoms with Crippen LogP contribution < -0.4 is 5.32 Å². The first-order chi connectivity index (χ1) is 17.4. The summed E-state index contributed by atoms with van der Waals surface area (Å²) < 4.78 is 6.96. The van der Waals surface area contributed by atoms with E-state index in [1.807, 2.05) is 41.1 Å². The SMILES string of the molecule is C=CCn1c(SCC(=O)Nc2scc(-c3ccc(C)cc3)c2C(=O)OC)nnc1-c1csc(CC)c1. The summed E-state index contributed by atoms with van der Waals surface area (Å²) in [4.78, 5) is 26.7. The number of anilines is 1. The van der Waals surface area contributed by atoms with Gasteiger partial charge in [0.1, 0.15) is 10.6 Å². The lowest BCUT2D eigenvalue weighted by Gasteiger charge is -2.09. The summed E-state index contributed by atoms with van der Waals surface area (Å²) in [6, 6.07) is 9.98. The predicted octanol–water partition coefficient (Wildman–Crippen LogP) is 6.31. The largest absolute Gasteiger partial charge is 0.465 e. The van der Waals surface area contributed by atoms with Gasteiger partial charge in [-0.2, -0.15) is 0 Å². The van der Waals surface area contributed by atoms with Crippen LogP contribution in [0.1, 0.15) is 27.7 Å². The van der Waals surface area contributed by atoms with Crippen LogP contribution >= 0.6 is 34.4 Å². The summed E-state index contributed by atoms with van der Waals surface area (Å²) >= 11 is 4.28. The van der Waals surface area contributed by atoms with Gasteiger partial charge in [-0.1, -0.05) is 54.6 Å². The Kier molecular flexibility index (Phi) is 8.40. The fraction of sp³-hybridized carbons (Fsp3) is 0.231. The Morgan fingerprint density at radius 1 is 1.17 bits per heavy atom. The van der Waals surface area contributed by atoms with Crippen LogP contribution in [-0.4, -0.2) is 39.5 Å². The minimum Gasteiger partial charge on any atom is -0.465 e. The third kappa shape index (κ3) is 5.61. The van der Waals surface area contributed by atoms with E-state index in [1.54, 1.807) is 17.4 Å². The molecule has 0 atom stereocenters. The molecule has 3 heterocycles. The summed E-state index contributed by atoms with van der Waals surface area (Å²) in [6.07, 6.45) is 2.74. The number of aryl methyl sites for hydroxylation is 2. The third-order valence-electron chi connectivity index (χ3n) is 5.42. The van der Waals surface area contributed by atoms with Crippen LogP contribution in [0.15, 0.2) is 58.9 Å². The Bertz CT molecular complexity index is 1390. The highest BCUT2D eigenvalue weighted by molar-refractivity contribution is 7.99. The first-order valence-corrected chi connectivity index (χ1v) is 14.0. The molecule has 0 fully saturated rings. The Labute approximate surface area is 222 Å². The van der Waals surface area contributed by atoms with E-state index < -0.39 is 5.97 Å². The number of nitrogens with one attached hydrogen (secondary N) is 1. The smallest absolute Gasteiger partial charge is 0.341 e. The summed E-state index contributed by atoms with van der Waals surface area (Å²) in [5.74, 6) is 0.119. The van der Waals surface area contributed by atoms with Gasteiger partial charge in [0.05, 0.1) is 12.9 Å². The fourth-order valence-corrected chi connectivity index (χ4v) is 6.11. The van der Waals surface area contributed by atoms with Crippen molar-refractivity contribution >= 4 is 51.3 Å². The standard InChI is InChI=1S/C26H26N4O3S3/c1-5-11-30-23(18-12-19(6-2)34-13-18)28-29-26(30)36-15-21(31)27-24-22(25(32)33-4)20(14-35-24)17-9-7-16(3)8-10-17/h5,7-10,12-14H,1,6,11,15H2,2-4H3,(H,27,31). The van der Waals surface area contributed by atoms with Crippen LogP contribution in [0.3, 0.4) is 0 Å². The molecule has 186 valence electrons. The number of hydrogen-bond donors (Lipinski definition) is 1. The minimum atomic E-state index is -0.493.